The molecule has 0 aliphatic heterocycles. The molecule has 1 unspecified atom stereocenters. The molecule has 0 aromatic carbocycles. The molecule has 0 heterocycles. The lowest BCUT2D eigenvalue weighted by Gasteiger charge is -2.13. The second-order valence-corrected chi connectivity index (χ2v) is 7.72. The minimum Gasteiger partial charge on any atom is -0.379 e. The van der Waals surface area contributed by atoms with E-state index in [0.29, 0.717) is 52.8 Å². The first kappa shape index (κ1) is 30.8. The minimum atomic E-state index is -0.248. The van der Waals surface area contributed by atoms with E-state index in [0.717, 1.165) is 32.1 Å². The lowest BCUT2D eigenvalue weighted by molar-refractivity contribution is -0.127. The minimum absolute atomic E-state index is 0.0158. The summed E-state index contributed by atoms with van der Waals surface area (Å²) in [6.07, 6.45) is 5.21. The SMILES string of the molecule is CNC(=O)CNC(=O)CCOCCOCCOCCOCCNC(=O)COC1C#CCCCCC1. The summed E-state index contributed by atoms with van der Waals surface area (Å²) in [5.41, 5.74) is 0. The summed E-state index contributed by atoms with van der Waals surface area (Å²) in [7, 11) is 1.51. The second-order valence-electron chi connectivity index (χ2n) is 7.72. The lowest BCUT2D eigenvalue weighted by atomic mass is 10.1. The number of carbonyl (C=O) groups is 3. The van der Waals surface area contributed by atoms with Crippen LogP contribution < -0.4 is 16.0 Å². The van der Waals surface area contributed by atoms with Gasteiger partial charge in [-0.25, -0.2) is 0 Å². The molecular formula is C24H41N3O8. The van der Waals surface area contributed by atoms with Crippen LogP contribution in [0.4, 0.5) is 0 Å². The van der Waals surface area contributed by atoms with Crippen LogP contribution in [0, 0.1) is 11.8 Å². The predicted molar refractivity (Wildman–Crippen MR) is 129 cm³/mol. The topological polar surface area (TPSA) is 133 Å². The first-order valence-electron chi connectivity index (χ1n) is 12.3. The third-order valence-electron chi connectivity index (χ3n) is 4.83. The Kier molecular flexibility index (Phi) is 19.6. The van der Waals surface area contributed by atoms with Gasteiger partial charge < -0.3 is 39.6 Å². The number of likely N-dealkylation sites (N-methyl/N-ethyl adjacent to an activating group) is 1. The van der Waals surface area contributed by atoms with Crippen molar-refractivity contribution in [2.45, 2.75) is 44.6 Å². The highest BCUT2D eigenvalue weighted by molar-refractivity contribution is 5.84. The molecule has 0 aromatic heterocycles. The molecule has 1 aliphatic rings. The molecule has 0 spiro atoms. The number of nitrogens with one attached hydrogen (secondary N) is 3. The molecule has 1 aliphatic carbocycles. The molecule has 11 nitrogen and oxygen atoms in total. The number of rotatable bonds is 20. The fourth-order valence-corrected chi connectivity index (χ4v) is 2.88. The molecule has 1 atom stereocenters. The Morgan fingerprint density at radius 2 is 1.43 bits per heavy atom. The quantitative estimate of drug-likeness (QED) is 0.155. The summed E-state index contributed by atoms with van der Waals surface area (Å²) >= 11 is 0. The lowest BCUT2D eigenvalue weighted by Crippen LogP contribution is -2.35. The van der Waals surface area contributed by atoms with Gasteiger partial charge >= 0.3 is 0 Å². The molecule has 0 aromatic rings. The summed E-state index contributed by atoms with van der Waals surface area (Å²) in [5, 5.41) is 7.67. The van der Waals surface area contributed by atoms with Crippen LogP contribution in [0.15, 0.2) is 0 Å². The van der Waals surface area contributed by atoms with Gasteiger partial charge in [0, 0.05) is 26.4 Å². The number of ether oxygens (including phenoxy) is 5. The van der Waals surface area contributed by atoms with Crippen molar-refractivity contribution in [1.29, 1.82) is 0 Å². The van der Waals surface area contributed by atoms with Gasteiger partial charge in [-0.05, 0) is 19.3 Å². The van der Waals surface area contributed by atoms with Gasteiger partial charge in [0.25, 0.3) is 0 Å². The van der Waals surface area contributed by atoms with Crippen molar-refractivity contribution in [3.63, 3.8) is 0 Å². The molecule has 0 saturated carbocycles. The van der Waals surface area contributed by atoms with E-state index in [1.165, 1.54) is 7.05 Å². The van der Waals surface area contributed by atoms with Crippen molar-refractivity contribution in [2.24, 2.45) is 0 Å². The van der Waals surface area contributed by atoms with E-state index in [1.54, 1.807) is 0 Å². The molecular weight excluding hydrogens is 458 g/mol. The molecule has 35 heavy (non-hydrogen) atoms. The summed E-state index contributed by atoms with van der Waals surface area (Å²) in [6.45, 7) is 3.55. The van der Waals surface area contributed by atoms with E-state index < -0.39 is 0 Å². The Morgan fingerprint density at radius 3 is 2.11 bits per heavy atom. The van der Waals surface area contributed by atoms with Crippen LogP contribution in [0.1, 0.15) is 38.5 Å². The Labute approximate surface area is 208 Å². The van der Waals surface area contributed by atoms with Crippen molar-refractivity contribution < 1.29 is 38.1 Å². The highest BCUT2D eigenvalue weighted by Crippen LogP contribution is 2.10. The van der Waals surface area contributed by atoms with Crippen LogP contribution in [0.2, 0.25) is 0 Å². The van der Waals surface area contributed by atoms with Crippen LogP contribution in [-0.2, 0) is 38.1 Å². The molecule has 0 fully saturated rings. The van der Waals surface area contributed by atoms with Crippen molar-refractivity contribution in [1.82, 2.24) is 16.0 Å². The van der Waals surface area contributed by atoms with Gasteiger partial charge in [0.1, 0.15) is 12.7 Å². The largest absolute Gasteiger partial charge is 0.379 e. The molecule has 0 saturated heterocycles. The van der Waals surface area contributed by atoms with Crippen molar-refractivity contribution in [3.05, 3.63) is 0 Å². The zero-order valence-electron chi connectivity index (χ0n) is 20.9. The molecule has 200 valence electrons. The average Bonchev–Trinajstić information content (AvgIpc) is 2.84. The third-order valence-corrected chi connectivity index (χ3v) is 4.83. The van der Waals surface area contributed by atoms with Gasteiger partial charge in [-0.3, -0.25) is 14.4 Å². The van der Waals surface area contributed by atoms with E-state index in [2.05, 4.69) is 27.8 Å². The third kappa shape index (κ3) is 19.7. The molecule has 0 bridgehead atoms. The maximum atomic E-state index is 11.8. The first-order valence-corrected chi connectivity index (χ1v) is 12.3. The maximum absolute atomic E-state index is 11.8. The maximum Gasteiger partial charge on any atom is 0.246 e. The number of hydrogen-bond acceptors (Lipinski definition) is 8. The van der Waals surface area contributed by atoms with Crippen molar-refractivity contribution in [3.8, 4) is 11.8 Å². The fraction of sp³-hybridized carbons (Fsp3) is 0.792. The van der Waals surface area contributed by atoms with Gasteiger partial charge in [0.05, 0.1) is 59.4 Å². The van der Waals surface area contributed by atoms with E-state index in [1.807, 2.05) is 0 Å². The van der Waals surface area contributed by atoms with Gasteiger partial charge in [0.2, 0.25) is 17.7 Å². The van der Waals surface area contributed by atoms with Gasteiger partial charge in [-0.2, -0.15) is 0 Å². The van der Waals surface area contributed by atoms with Crippen LogP contribution >= 0.6 is 0 Å². The summed E-state index contributed by atoms with van der Waals surface area (Å²) in [6, 6.07) is 0. The van der Waals surface area contributed by atoms with E-state index in [4.69, 9.17) is 23.7 Å². The Bertz CT molecular complexity index is 650. The van der Waals surface area contributed by atoms with Crippen molar-refractivity contribution >= 4 is 17.7 Å². The Morgan fingerprint density at radius 1 is 0.771 bits per heavy atom. The molecule has 11 heteroatoms. The molecule has 0 radical (unpaired) electrons. The normalized spacial score (nSPS) is 15.3. The van der Waals surface area contributed by atoms with E-state index in [9.17, 15) is 14.4 Å². The standard InChI is InChI=1S/C24H41N3O8/c1-25-23(29)19-27-22(28)9-11-31-13-15-33-17-18-34-16-14-32-12-10-26-24(30)20-35-21-7-5-3-2-4-6-8-21/h21H,2-5,7,9-20H2,1H3,(H,25,29)(H,26,30)(H,27,28). The monoisotopic (exact) mass is 499 g/mol. The molecule has 3 amide bonds. The smallest absolute Gasteiger partial charge is 0.246 e. The molecule has 3 N–H and O–H groups in total. The van der Waals surface area contributed by atoms with Gasteiger partial charge in [-0.1, -0.05) is 12.3 Å². The highest BCUT2D eigenvalue weighted by Gasteiger charge is 2.10. The van der Waals surface area contributed by atoms with Crippen LogP contribution in [0.3, 0.4) is 0 Å². The van der Waals surface area contributed by atoms with Crippen molar-refractivity contribution in [2.75, 3.05) is 79.6 Å². The highest BCUT2D eigenvalue weighted by atomic mass is 16.6. The number of hydrogen-bond donors (Lipinski definition) is 3. The van der Waals surface area contributed by atoms with Crippen LogP contribution in [0.25, 0.3) is 0 Å². The summed E-state index contributed by atoms with van der Waals surface area (Å²) in [5.74, 6) is 5.52. The fourth-order valence-electron chi connectivity index (χ4n) is 2.88. The number of carbonyl (C=O) groups excluding carboxylic acids is 3. The van der Waals surface area contributed by atoms with E-state index >= 15 is 0 Å². The second kappa shape index (κ2) is 22.2. The summed E-state index contributed by atoms with van der Waals surface area (Å²) < 4.78 is 27.1. The Hall–Kier alpha value is -2.23. The zero-order chi connectivity index (χ0) is 25.4. The molecule has 1 rings (SSSR count). The van der Waals surface area contributed by atoms with Gasteiger partial charge in [0.15, 0.2) is 0 Å². The predicted octanol–water partition coefficient (Wildman–Crippen LogP) is -0.226. The average molecular weight is 500 g/mol. The Balaban J connectivity index is 1.79. The van der Waals surface area contributed by atoms with Gasteiger partial charge in [-0.15, -0.1) is 5.92 Å². The summed E-state index contributed by atoms with van der Waals surface area (Å²) in [4.78, 5) is 34.3. The van der Waals surface area contributed by atoms with Crippen LogP contribution in [0.5, 0.6) is 0 Å². The zero-order valence-corrected chi connectivity index (χ0v) is 20.9. The van der Waals surface area contributed by atoms with Crippen LogP contribution in [-0.4, -0.2) is 103 Å². The number of amides is 3. The van der Waals surface area contributed by atoms with E-state index in [-0.39, 0.29) is 50.0 Å². The first-order chi connectivity index (χ1) is 17.1.